The number of carboxylic acids is 1. The first-order valence-electron chi connectivity index (χ1n) is 7.05. The van der Waals surface area contributed by atoms with Gasteiger partial charge >= 0.3 is 5.97 Å². The summed E-state index contributed by atoms with van der Waals surface area (Å²) < 4.78 is 31.2. The van der Waals surface area contributed by atoms with Crippen LogP contribution in [0.1, 0.15) is 6.42 Å². The molecule has 1 rings (SSSR count). The van der Waals surface area contributed by atoms with E-state index in [1.54, 1.807) is 0 Å². The summed E-state index contributed by atoms with van der Waals surface area (Å²) in [7, 11) is 0. The lowest BCUT2D eigenvalue weighted by Gasteiger charge is -2.09. The van der Waals surface area contributed by atoms with Crippen LogP contribution in [0.2, 0.25) is 0 Å². The first kappa shape index (κ1) is 18.3. The van der Waals surface area contributed by atoms with Crippen LogP contribution < -0.4 is 0 Å². The predicted molar refractivity (Wildman–Crippen MR) is 71.2 cm³/mol. The van der Waals surface area contributed by atoms with E-state index >= 15 is 0 Å². The van der Waals surface area contributed by atoms with Crippen molar-refractivity contribution in [3.8, 4) is 0 Å². The molecule has 1 saturated heterocycles. The molecule has 124 valence electrons. The van der Waals surface area contributed by atoms with Crippen LogP contribution in [0.4, 0.5) is 0 Å². The maximum atomic E-state index is 10.1. The van der Waals surface area contributed by atoms with Crippen LogP contribution >= 0.6 is 0 Å². The summed E-state index contributed by atoms with van der Waals surface area (Å²) in [5, 5.41) is 8.32. The largest absolute Gasteiger partial charge is 0.480 e. The highest BCUT2D eigenvalue weighted by Crippen LogP contribution is 2.07. The maximum Gasteiger partial charge on any atom is 0.329 e. The highest BCUT2D eigenvalue weighted by Gasteiger charge is 2.14. The van der Waals surface area contributed by atoms with Gasteiger partial charge < -0.3 is 33.5 Å². The lowest BCUT2D eigenvalue weighted by atomic mass is 10.4. The summed E-state index contributed by atoms with van der Waals surface area (Å²) in [6.45, 7) is 4.18. The first-order valence-corrected chi connectivity index (χ1v) is 7.05. The summed E-state index contributed by atoms with van der Waals surface area (Å²) in [6.07, 6.45) is 0.613. The molecule has 0 aromatic heterocycles. The van der Waals surface area contributed by atoms with Crippen molar-refractivity contribution in [2.45, 2.75) is 12.7 Å². The number of hydrogen-bond acceptors (Lipinski definition) is 7. The molecule has 1 aliphatic rings. The van der Waals surface area contributed by atoms with Crippen molar-refractivity contribution < 1.29 is 38.3 Å². The van der Waals surface area contributed by atoms with Gasteiger partial charge in [-0.3, -0.25) is 0 Å². The minimum atomic E-state index is -0.982. The van der Waals surface area contributed by atoms with Crippen molar-refractivity contribution in [2.75, 3.05) is 66.1 Å². The average molecular weight is 308 g/mol. The molecular formula is C13H24O8. The van der Waals surface area contributed by atoms with Gasteiger partial charge in [0, 0.05) is 6.42 Å². The van der Waals surface area contributed by atoms with E-state index < -0.39 is 5.97 Å². The van der Waals surface area contributed by atoms with E-state index in [0.29, 0.717) is 52.9 Å². The van der Waals surface area contributed by atoms with Crippen molar-refractivity contribution >= 4 is 5.97 Å². The van der Waals surface area contributed by atoms with E-state index in [4.69, 9.17) is 33.5 Å². The molecule has 0 unspecified atom stereocenters. The molecule has 0 atom stereocenters. The molecule has 0 bridgehead atoms. The molecule has 1 aliphatic heterocycles. The van der Waals surface area contributed by atoms with E-state index in [1.807, 2.05) is 0 Å². The molecule has 1 heterocycles. The van der Waals surface area contributed by atoms with Gasteiger partial charge in [0.05, 0.1) is 59.5 Å². The van der Waals surface area contributed by atoms with Gasteiger partial charge in [-0.1, -0.05) is 0 Å². The van der Waals surface area contributed by atoms with Crippen LogP contribution in [0.5, 0.6) is 0 Å². The molecule has 0 aromatic rings. The summed E-state index contributed by atoms with van der Waals surface area (Å²) in [5.41, 5.74) is 0. The summed E-state index contributed by atoms with van der Waals surface area (Å²) in [6, 6.07) is 0. The lowest BCUT2D eigenvalue weighted by molar-refractivity contribution is -0.142. The lowest BCUT2D eigenvalue weighted by Crippen LogP contribution is -2.15. The van der Waals surface area contributed by atoms with Gasteiger partial charge in [-0.2, -0.15) is 0 Å². The highest BCUT2D eigenvalue weighted by atomic mass is 16.7. The molecule has 1 N–H and O–H groups in total. The topological polar surface area (TPSA) is 92.7 Å². The van der Waals surface area contributed by atoms with Crippen molar-refractivity contribution in [1.82, 2.24) is 0 Å². The van der Waals surface area contributed by atoms with Gasteiger partial charge in [0.1, 0.15) is 6.61 Å². The second-order valence-corrected chi connectivity index (χ2v) is 4.24. The molecule has 8 heteroatoms. The van der Waals surface area contributed by atoms with Gasteiger partial charge in [-0.05, 0) is 0 Å². The standard InChI is InChI=1S/C13H24O8/c14-12(15)11-19-8-7-18-6-5-17-4-3-16-2-1-13-20-9-10-21-13/h13H,1-11H2,(H,14,15). The number of hydrogen-bond donors (Lipinski definition) is 1. The van der Waals surface area contributed by atoms with Gasteiger partial charge in [0.15, 0.2) is 6.29 Å². The number of rotatable bonds is 14. The van der Waals surface area contributed by atoms with Gasteiger partial charge in [0.2, 0.25) is 0 Å². The zero-order chi connectivity index (χ0) is 15.2. The van der Waals surface area contributed by atoms with Crippen LogP contribution in [0.15, 0.2) is 0 Å². The van der Waals surface area contributed by atoms with Gasteiger partial charge in [-0.25, -0.2) is 4.79 Å². The molecule has 0 spiro atoms. The maximum absolute atomic E-state index is 10.1. The summed E-state index contributed by atoms with van der Waals surface area (Å²) >= 11 is 0. The Hall–Kier alpha value is -0.770. The Morgan fingerprint density at radius 3 is 1.86 bits per heavy atom. The molecule has 0 aliphatic carbocycles. The molecule has 1 fully saturated rings. The minimum Gasteiger partial charge on any atom is -0.480 e. The number of carboxylic acid groups (broad SMARTS) is 1. The first-order chi connectivity index (χ1) is 10.3. The quantitative estimate of drug-likeness (QED) is 0.445. The third-order valence-electron chi connectivity index (χ3n) is 2.53. The molecular weight excluding hydrogens is 284 g/mol. The highest BCUT2D eigenvalue weighted by molar-refractivity contribution is 5.67. The summed E-state index contributed by atoms with van der Waals surface area (Å²) in [4.78, 5) is 10.1. The Morgan fingerprint density at radius 2 is 1.33 bits per heavy atom. The van der Waals surface area contributed by atoms with Crippen LogP contribution in [0, 0.1) is 0 Å². The third kappa shape index (κ3) is 11.6. The molecule has 0 aromatic carbocycles. The number of carbonyl (C=O) groups is 1. The van der Waals surface area contributed by atoms with E-state index in [0.717, 1.165) is 6.42 Å². The minimum absolute atomic E-state index is 0.123. The number of aliphatic carboxylic acids is 1. The molecule has 0 amide bonds. The molecule has 21 heavy (non-hydrogen) atoms. The monoisotopic (exact) mass is 308 g/mol. The van der Waals surface area contributed by atoms with Gasteiger partial charge in [0.25, 0.3) is 0 Å². The zero-order valence-electron chi connectivity index (χ0n) is 12.2. The van der Waals surface area contributed by atoms with Crippen LogP contribution in [0.25, 0.3) is 0 Å². The van der Waals surface area contributed by atoms with E-state index in [-0.39, 0.29) is 19.5 Å². The van der Waals surface area contributed by atoms with Crippen LogP contribution in [-0.2, 0) is 33.2 Å². The zero-order valence-corrected chi connectivity index (χ0v) is 12.2. The van der Waals surface area contributed by atoms with Crippen molar-refractivity contribution in [2.24, 2.45) is 0 Å². The van der Waals surface area contributed by atoms with Crippen LogP contribution in [-0.4, -0.2) is 83.4 Å². The fraction of sp³-hybridized carbons (Fsp3) is 0.923. The Kier molecular flexibility index (Phi) is 11.3. The molecule has 0 saturated carbocycles. The van der Waals surface area contributed by atoms with Crippen molar-refractivity contribution in [3.63, 3.8) is 0 Å². The normalized spacial score (nSPS) is 15.6. The SMILES string of the molecule is O=C(O)COCCOCCOCCOCCC1OCCO1. The Morgan fingerprint density at radius 1 is 0.857 bits per heavy atom. The smallest absolute Gasteiger partial charge is 0.329 e. The Bertz CT molecular complexity index is 255. The van der Waals surface area contributed by atoms with Crippen molar-refractivity contribution in [1.29, 1.82) is 0 Å². The van der Waals surface area contributed by atoms with E-state index in [2.05, 4.69) is 0 Å². The third-order valence-corrected chi connectivity index (χ3v) is 2.53. The Balaban J connectivity index is 1.68. The second-order valence-electron chi connectivity index (χ2n) is 4.24. The second kappa shape index (κ2) is 12.9. The van der Waals surface area contributed by atoms with Crippen LogP contribution in [0.3, 0.4) is 0 Å². The van der Waals surface area contributed by atoms with Crippen molar-refractivity contribution in [3.05, 3.63) is 0 Å². The number of ether oxygens (including phenoxy) is 6. The molecule has 0 radical (unpaired) electrons. The van der Waals surface area contributed by atoms with Gasteiger partial charge in [-0.15, -0.1) is 0 Å². The Labute approximate surface area is 124 Å². The van der Waals surface area contributed by atoms with E-state index in [9.17, 15) is 4.79 Å². The van der Waals surface area contributed by atoms with E-state index in [1.165, 1.54) is 0 Å². The molecule has 8 nitrogen and oxygen atoms in total. The fourth-order valence-corrected chi connectivity index (χ4v) is 1.57. The summed E-state index contributed by atoms with van der Waals surface area (Å²) in [5.74, 6) is -0.982. The predicted octanol–water partition coefficient (Wildman–Crippen LogP) is -0.0996. The fourth-order valence-electron chi connectivity index (χ4n) is 1.57. The average Bonchev–Trinajstić information content (AvgIpc) is 2.97.